The van der Waals surface area contributed by atoms with Crippen molar-refractivity contribution in [2.24, 2.45) is 0 Å². The van der Waals surface area contributed by atoms with Crippen molar-refractivity contribution >= 4 is 37.7 Å². The van der Waals surface area contributed by atoms with Crippen LogP contribution in [0, 0.1) is 21.6 Å². The molecule has 0 heterocycles. The van der Waals surface area contributed by atoms with Crippen molar-refractivity contribution in [2.75, 3.05) is 0 Å². The zero-order valence-corrected chi connectivity index (χ0v) is 4.31. The van der Waals surface area contributed by atoms with Gasteiger partial charge in [0.2, 0.25) is 0 Å². The molecule has 0 unspecified atom stereocenters. The molecule has 0 spiro atoms. The van der Waals surface area contributed by atoms with Gasteiger partial charge < -0.3 is 18.6 Å². The monoisotopic (exact) mass is 192 g/mol. The second-order valence-electron chi connectivity index (χ2n) is 0.436. The van der Waals surface area contributed by atoms with Gasteiger partial charge in [0.25, 0.3) is 0 Å². The maximum atomic E-state index is 9.15. The first-order valence-corrected chi connectivity index (χ1v) is 2.78. The fourth-order valence-corrected chi connectivity index (χ4v) is 0.350. The van der Waals surface area contributed by atoms with E-state index in [0.717, 1.165) is 0 Å². The minimum absolute atomic E-state index is 0. The van der Waals surface area contributed by atoms with Gasteiger partial charge in [-0.05, 0) is 0 Å². The second-order valence-corrected chi connectivity index (χ2v) is 1.66. The van der Waals surface area contributed by atoms with E-state index in [2.05, 4.69) is 3.84 Å². The molecule has 0 saturated heterocycles. The summed E-state index contributed by atoms with van der Waals surface area (Å²) in [6.07, 6.45) is 0. The number of hydrogen-bond acceptors (Lipinski definition) is 5. The van der Waals surface area contributed by atoms with Crippen LogP contribution in [0.5, 0.6) is 0 Å². The van der Waals surface area contributed by atoms with E-state index in [9.17, 15) is 0 Å². The molecule has 0 atom stereocenters. The number of halogens is 2. The van der Waals surface area contributed by atoms with Crippen LogP contribution in [-0.2, 0) is 3.84 Å². The second kappa shape index (κ2) is 6.76. The predicted molar refractivity (Wildman–Crippen MR) is 9.63 cm³/mol. The Labute approximate surface area is 81.0 Å². The van der Waals surface area contributed by atoms with E-state index in [1.165, 1.54) is 0 Å². The van der Waals surface area contributed by atoms with Crippen molar-refractivity contribution in [1.82, 2.24) is 0 Å². The van der Waals surface area contributed by atoms with Crippen LogP contribution in [0.2, 0.25) is 0 Å². The van der Waals surface area contributed by atoms with Gasteiger partial charge in [-0.2, -0.15) is 0 Å². The Morgan fingerprint density at radius 3 is 1.12 bits per heavy atom. The summed E-state index contributed by atoms with van der Waals surface area (Å²) in [5, 5.41) is 0. The zero-order chi connectivity index (χ0) is 5.86. The Morgan fingerprint density at radius 1 is 0.875 bits per heavy atom. The van der Waals surface area contributed by atoms with Crippen molar-refractivity contribution in [3.63, 3.8) is 0 Å². The molecule has 0 amide bonds. The molecule has 0 N–H and O–H groups in total. The van der Waals surface area contributed by atoms with E-state index in [4.69, 9.17) is 18.6 Å². The molecule has 48 valence electrons. The molecule has 0 radical (unpaired) electrons. The standard InChI is InChI=1S/Ca.Cl2O5.2H/c;3-1(4)7-2(5)6;;. The van der Waals surface area contributed by atoms with E-state index in [0.29, 0.717) is 0 Å². The first-order chi connectivity index (χ1) is 3.13. The fourth-order valence-electron chi connectivity index (χ4n) is 0.0389. The molecule has 0 rings (SSSR count). The Balaban J connectivity index is 0. The minimum Gasteiger partial charge on any atom is -0.311 e. The Kier molecular flexibility index (Phi) is 10.4. The van der Waals surface area contributed by atoms with E-state index in [1.54, 1.807) is 0 Å². The van der Waals surface area contributed by atoms with Gasteiger partial charge in [-0.3, -0.25) is 0 Å². The average Bonchev–Trinajstić information content (AvgIpc) is 1.27. The van der Waals surface area contributed by atoms with Gasteiger partial charge in [-0.15, -0.1) is 0 Å². The molecule has 0 bridgehead atoms. The smallest absolute Gasteiger partial charge is 0.311 e. The summed E-state index contributed by atoms with van der Waals surface area (Å²) in [6.45, 7) is 0. The molecule has 0 aromatic carbocycles. The van der Waals surface area contributed by atoms with Crippen LogP contribution in [0.15, 0.2) is 0 Å². The molecule has 0 aliphatic heterocycles. The summed E-state index contributed by atoms with van der Waals surface area (Å²) in [5.74, 6) is 0. The molecule has 0 saturated carbocycles. The molecule has 8 heavy (non-hydrogen) atoms. The SMILES string of the molecule is [CaH2].[O-][Cl+2]([O-])O[Cl+2]([O-])[O-]. The zero-order valence-electron chi connectivity index (χ0n) is 2.80. The van der Waals surface area contributed by atoms with Crippen LogP contribution in [0.1, 0.15) is 0 Å². The van der Waals surface area contributed by atoms with E-state index in [-0.39, 0.29) is 37.7 Å². The molecule has 0 aliphatic carbocycles. The number of rotatable bonds is 2. The summed E-state index contributed by atoms with van der Waals surface area (Å²) in [5.41, 5.74) is 0. The normalized spacial score (nSPS) is 9.75. The van der Waals surface area contributed by atoms with Gasteiger partial charge >= 0.3 is 63.1 Å². The van der Waals surface area contributed by atoms with Crippen LogP contribution in [-0.4, -0.2) is 37.7 Å². The Bertz CT molecular complexity index is 39.7. The maximum absolute atomic E-state index is 9.15. The van der Waals surface area contributed by atoms with Crippen LogP contribution in [0.4, 0.5) is 0 Å². The van der Waals surface area contributed by atoms with Crippen LogP contribution >= 0.6 is 0 Å². The molecule has 0 fully saturated rings. The summed E-state index contributed by atoms with van der Waals surface area (Å²) < 4.78 is 39.6. The average molecular weight is 193 g/mol. The third-order valence-corrected chi connectivity index (χ3v) is 0.857. The van der Waals surface area contributed by atoms with Crippen molar-refractivity contribution in [3.8, 4) is 0 Å². The molecular weight excluding hydrogens is 191 g/mol. The molecule has 0 aliphatic rings. The van der Waals surface area contributed by atoms with Gasteiger partial charge in [0.05, 0.1) is 0 Å². The fraction of sp³-hybridized carbons (Fsp3) is 0. The minimum atomic E-state index is -2.68. The van der Waals surface area contributed by atoms with E-state index < -0.39 is 21.6 Å². The number of hydrogen-bond donors (Lipinski definition) is 0. The first kappa shape index (κ1) is 12.3. The molecule has 5 nitrogen and oxygen atoms in total. The summed E-state index contributed by atoms with van der Waals surface area (Å²) in [4.78, 5) is 0. The van der Waals surface area contributed by atoms with Gasteiger partial charge in [-0.1, -0.05) is 0 Å². The summed E-state index contributed by atoms with van der Waals surface area (Å²) in [7, 11) is -5.36. The third-order valence-electron chi connectivity index (χ3n) is 0.0952. The van der Waals surface area contributed by atoms with Crippen LogP contribution in [0.25, 0.3) is 0 Å². The molecule has 8 heteroatoms. The van der Waals surface area contributed by atoms with Gasteiger partial charge in [-0.25, -0.2) is 0 Å². The first-order valence-electron chi connectivity index (χ1n) is 0.926. The third kappa shape index (κ3) is 10.6. The summed E-state index contributed by atoms with van der Waals surface area (Å²) >= 11 is 0. The molecule has 0 aromatic heterocycles. The predicted octanol–water partition coefficient (Wildman–Crippen LogP) is -5.74. The maximum Gasteiger partial charge on any atom is 0.424 e. The summed E-state index contributed by atoms with van der Waals surface area (Å²) in [6, 6.07) is 0. The van der Waals surface area contributed by atoms with Crippen molar-refractivity contribution in [3.05, 3.63) is 0 Å². The van der Waals surface area contributed by atoms with Crippen LogP contribution < -0.4 is 18.6 Å². The van der Waals surface area contributed by atoms with Crippen LogP contribution in [0.3, 0.4) is 0 Å². The van der Waals surface area contributed by atoms with Crippen molar-refractivity contribution in [1.29, 1.82) is 0 Å². The van der Waals surface area contributed by atoms with Crippen molar-refractivity contribution in [2.45, 2.75) is 0 Å². The van der Waals surface area contributed by atoms with Gasteiger partial charge in [0, 0.05) is 0 Å². The Hall–Kier alpha value is 1.64. The Morgan fingerprint density at radius 2 is 1.12 bits per heavy atom. The quantitative estimate of drug-likeness (QED) is 0.406. The molecule has 0 aromatic rings. The topological polar surface area (TPSA) is 101 Å². The molecular formula is H2CaCl2O5. The van der Waals surface area contributed by atoms with E-state index >= 15 is 0 Å². The van der Waals surface area contributed by atoms with Gasteiger partial charge in [0.1, 0.15) is 0 Å². The van der Waals surface area contributed by atoms with E-state index in [1.807, 2.05) is 0 Å². The largest absolute Gasteiger partial charge is 0.424 e. The van der Waals surface area contributed by atoms with Gasteiger partial charge in [0.15, 0.2) is 0 Å². The van der Waals surface area contributed by atoms with Crippen molar-refractivity contribution < 1.29 is 44.0 Å².